The van der Waals surface area contributed by atoms with Gasteiger partial charge in [-0.2, -0.15) is 5.10 Å². The number of hydrogen-bond acceptors (Lipinski definition) is 3. The van der Waals surface area contributed by atoms with E-state index in [2.05, 4.69) is 58.9 Å². The Hall–Kier alpha value is -3.08. The Morgan fingerprint density at radius 2 is 1.57 bits per heavy atom. The van der Waals surface area contributed by atoms with E-state index < -0.39 is 0 Å². The first-order valence-corrected chi connectivity index (χ1v) is 13.2. The molecule has 0 aliphatic heterocycles. The maximum Gasteiger partial charge on any atom is 0.258 e. The molecule has 0 unspecified atom stereocenters. The van der Waals surface area contributed by atoms with Gasteiger partial charge in [0.05, 0.1) is 6.20 Å². The zero-order valence-corrected chi connectivity index (χ0v) is 20.5. The fourth-order valence-electron chi connectivity index (χ4n) is 7.16. The van der Waals surface area contributed by atoms with E-state index in [1.165, 1.54) is 43.2 Å². The molecule has 3 aromatic rings. The van der Waals surface area contributed by atoms with Gasteiger partial charge in [-0.3, -0.25) is 4.79 Å². The molecule has 4 bridgehead atoms. The number of carbonyl (C=O) groups is 1. The van der Waals surface area contributed by atoms with E-state index in [1.807, 2.05) is 13.1 Å². The molecule has 1 amide bonds. The van der Waals surface area contributed by atoms with Crippen molar-refractivity contribution in [3.05, 3.63) is 83.0 Å². The molecule has 0 atom stereocenters. The lowest BCUT2D eigenvalue weighted by Gasteiger charge is -2.54. The summed E-state index contributed by atoms with van der Waals surface area (Å²) in [6.45, 7) is 0.419. The van der Waals surface area contributed by atoms with Gasteiger partial charge in [0, 0.05) is 13.1 Å². The minimum absolute atomic E-state index is 0.0389. The highest BCUT2D eigenvalue weighted by Crippen LogP contribution is 2.53. The number of carbonyl (C=O) groups excluding carboxylic acids is 1. The number of nitrogens with one attached hydrogen (secondary N) is 1. The van der Waals surface area contributed by atoms with Crippen LogP contribution in [0.5, 0.6) is 5.88 Å². The molecule has 7 rings (SSSR count). The summed E-state index contributed by atoms with van der Waals surface area (Å²) in [6.07, 6.45) is 10.2. The average molecular weight is 470 g/mol. The van der Waals surface area contributed by atoms with Crippen molar-refractivity contribution in [2.24, 2.45) is 30.7 Å². The highest BCUT2D eigenvalue weighted by atomic mass is 16.5. The van der Waals surface area contributed by atoms with Gasteiger partial charge in [-0.15, -0.1) is 0 Å². The van der Waals surface area contributed by atoms with Gasteiger partial charge in [0.1, 0.15) is 12.2 Å². The largest absolute Gasteiger partial charge is 0.472 e. The van der Waals surface area contributed by atoms with Gasteiger partial charge in [0.25, 0.3) is 5.91 Å². The second-order valence-corrected chi connectivity index (χ2v) is 11.0. The maximum absolute atomic E-state index is 13.4. The van der Waals surface area contributed by atoms with Gasteiger partial charge >= 0.3 is 0 Å². The van der Waals surface area contributed by atoms with Crippen LogP contribution < -0.4 is 10.1 Å². The van der Waals surface area contributed by atoms with Gasteiger partial charge in [-0.05, 0) is 85.3 Å². The Bertz CT molecular complexity index is 1160. The predicted octanol–water partition coefficient (Wildman–Crippen LogP) is 5.34. The number of rotatable bonds is 8. The van der Waals surface area contributed by atoms with Crippen molar-refractivity contribution in [3.8, 4) is 5.88 Å². The summed E-state index contributed by atoms with van der Waals surface area (Å²) in [5.41, 5.74) is 4.30. The Morgan fingerprint density at radius 3 is 2.29 bits per heavy atom. The van der Waals surface area contributed by atoms with Crippen LogP contribution in [0.4, 0.5) is 0 Å². The first-order chi connectivity index (χ1) is 17.1. The molecular formula is C30H35N3O2. The molecule has 4 fully saturated rings. The summed E-state index contributed by atoms with van der Waals surface area (Å²) in [4.78, 5) is 13.4. The van der Waals surface area contributed by atoms with Crippen LogP contribution in [0.3, 0.4) is 0 Å². The molecule has 1 aromatic heterocycles. The summed E-state index contributed by atoms with van der Waals surface area (Å²) in [7, 11) is 1.84. The Labute approximate surface area is 207 Å². The molecule has 0 spiro atoms. The van der Waals surface area contributed by atoms with Crippen LogP contribution >= 0.6 is 0 Å². The molecule has 0 saturated heterocycles. The van der Waals surface area contributed by atoms with E-state index in [4.69, 9.17) is 4.74 Å². The van der Waals surface area contributed by atoms with Crippen LogP contribution in [0.2, 0.25) is 0 Å². The van der Waals surface area contributed by atoms with Gasteiger partial charge in [0.15, 0.2) is 0 Å². The van der Waals surface area contributed by atoms with Crippen molar-refractivity contribution >= 4 is 5.91 Å². The summed E-state index contributed by atoms with van der Waals surface area (Å²) < 4.78 is 7.93. The van der Waals surface area contributed by atoms with Crippen molar-refractivity contribution < 1.29 is 9.53 Å². The number of ether oxygens (including phenoxy) is 1. The van der Waals surface area contributed by atoms with Crippen molar-refractivity contribution in [2.75, 3.05) is 0 Å². The second kappa shape index (κ2) is 9.52. The molecule has 5 nitrogen and oxygen atoms in total. The van der Waals surface area contributed by atoms with Gasteiger partial charge in [-0.1, -0.05) is 54.6 Å². The van der Waals surface area contributed by atoms with Crippen molar-refractivity contribution in [3.63, 3.8) is 0 Å². The zero-order chi connectivity index (χ0) is 23.8. The summed E-state index contributed by atoms with van der Waals surface area (Å²) in [5.74, 6) is 3.59. The molecule has 5 heteroatoms. The molecule has 4 saturated carbocycles. The van der Waals surface area contributed by atoms with Crippen LogP contribution in [-0.4, -0.2) is 21.7 Å². The lowest BCUT2D eigenvalue weighted by molar-refractivity contribution is -0.0120. The first kappa shape index (κ1) is 22.4. The van der Waals surface area contributed by atoms with E-state index in [0.29, 0.717) is 35.9 Å². The van der Waals surface area contributed by atoms with Crippen LogP contribution in [0.25, 0.3) is 0 Å². The van der Waals surface area contributed by atoms with Crippen molar-refractivity contribution in [1.29, 1.82) is 0 Å². The summed E-state index contributed by atoms with van der Waals surface area (Å²) in [5, 5.41) is 7.77. The average Bonchev–Trinajstić information content (AvgIpc) is 3.24. The molecule has 4 aliphatic carbocycles. The maximum atomic E-state index is 13.4. The molecule has 1 N–H and O–H groups in total. The minimum atomic E-state index is -0.0389. The third-order valence-electron chi connectivity index (χ3n) is 8.66. The summed E-state index contributed by atoms with van der Waals surface area (Å²) >= 11 is 0. The lowest BCUT2D eigenvalue weighted by Crippen LogP contribution is -2.55. The van der Waals surface area contributed by atoms with E-state index in [0.717, 1.165) is 30.2 Å². The van der Waals surface area contributed by atoms with Crippen LogP contribution in [0.15, 0.2) is 60.8 Å². The van der Waals surface area contributed by atoms with E-state index in [9.17, 15) is 4.79 Å². The van der Waals surface area contributed by atoms with E-state index >= 15 is 0 Å². The number of aromatic nitrogens is 2. The van der Waals surface area contributed by atoms with E-state index in [1.54, 1.807) is 10.9 Å². The minimum Gasteiger partial charge on any atom is -0.472 e. The molecule has 0 radical (unpaired) electrons. The molecule has 4 aliphatic rings. The SMILES string of the molecule is Cn1ncc(C(=O)NC2C3CC4CC(C3)CC2C4)c1OCc1ccccc1CCc1ccccc1. The lowest BCUT2D eigenvalue weighted by atomic mass is 9.54. The van der Waals surface area contributed by atoms with Gasteiger partial charge < -0.3 is 10.1 Å². The van der Waals surface area contributed by atoms with Crippen LogP contribution in [0, 0.1) is 23.7 Å². The normalized spacial score (nSPS) is 26.6. The zero-order valence-electron chi connectivity index (χ0n) is 20.5. The number of benzene rings is 2. The van der Waals surface area contributed by atoms with Gasteiger partial charge in [0.2, 0.25) is 5.88 Å². The standard InChI is InChI=1S/C30H35N3O2/c1-33-30(35-19-24-10-6-5-9-23(24)12-11-20-7-3-2-4-8-20)27(18-31-33)29(34)32-28-25-14-21-13-22(16-25)17-26(28)15-21/h2-10,18,21-22,25-26,28H,11-17,19H2,1H3,(H,32,34). The van der Waals surface area contributed by atoms with Crippen molar-refractivity contribution in [2.45, 2.75) is 57.6 Å². The number of aryl methyl sites for hydroxylation is 3. The van der Waals surface area contributed by atoms with Crippen molar-refractivity contribution in [1.82, 2.24) is 15.1 Å². The monoisotopic (exact) mass is 469 g/mol. The molecule has 1 heterocycles. The van der Waals surface area contributed by atoms with Crippen LogP contribution in [0.1, 0.15) is 59.2 Å². The fourth-order valence-corrected chi connectivity index (χ4v) is 7.16. The molecule has 182 valence electrons. The fraction of sp³-hybridized carbons (Fsp3) is 0.467. The highest BCUT2D eigenvalue weighted by Gasteiger charge is 2.48. The predicted molar refractivity (Wildman–Crippen MR) is 136 cm³/mol. The quantitative estimate of drug-likeness (QED) is 0.485. The third-order valence-corrected chi connectivity index (χ3v) is 8.66. The third kappa shape index (κ3) is 4.61. The molecule has 2 aromatic carbocycles. The summed E-state index contributed by atoms with van der Waals surface area (Å²) in [6, 6.07) is 19.3. The van der Waals surface area contributed by atoms with Gasteiger partial charge in [-0.25, -0.2) is 4.68 Å². The Kier molecular flexibility index (Phi) is 6.09. The number of amides is 1. The first-order valence-electron chi connectivity index (χ1n) is 13.2. The molecular weight excluding hydrogens is 434 g/mol. The second-order valence-electron chi connectivity index (χ2n) is 11.0. The highest BCUT2D eigenvalue weighted by molar-refractivity contribution is 5.96. The topological polar surface area (TPSA) is 56.2 Å². The number of hydrogen-bond donors (Lipinski definition) is 1. The number of nitrogens with zero attached hydrogens (tertiary/aromatic N) is 2. The molecule has 35 heavy (non-hydrogen) atoms. The Morgan fingerprint density at radius 1 is 0.914 bits per heavy atom. The van der Waals surface area contributed by atoms with E-state index in [-0.39, 0.29) is 5.91 Å². The van der Waals surface area contributed by atoms with Crippen LogP contribution in [-0.2, 0) is 26.5 Å². The smallest absolute Gasteiger partial charge is 0.258 e. The Balaban J connectivity index is 1.13.